The summed E-state index contributed by atoms with van der Waals surface area (Å²) in [5.41, 5.74) is 7.68. The molecular weight excluding hydrogens is 272 g/mol. The van der Waals surface area contributed by atoms with Crippen LogP contribution in [0.25, 0.3) is 0 Å². The number of hydrogen-bond acceptors (Lipinski definition) is 4. The number of aryl methyl sites for hydroxylation is 3. The molecule has 2 rings (SSSR count). The Morgan fingerprint density at radius 1 is 1.38 bits per heavy atom. The molecule has 0 aliphatic rings. The van der Waals surface area contributed by atoms with E-state index in [1.165, 1.54) is 10.9 Å². The topological polar surface area (TPSA) is 108 Å². The predicted octanol–water partition coefficient (Wildman–Crippen LogP) is 0.605. The minimum atomic E-state index is -0.635. The van der Waals surface area contributed by atoms with E-state index >= 15 is 0 Å². The van der Waals surface area contributed by atoms with Gasteiger partial charge in [0.2, 0.25) is 0 Å². The van der Waals surface area contributed by atoms with Crippen molar-refractivity contribution in [3.63, 3.8) is 0 Å². The van der Waals surface area contributed by atoms with Crippen molar-refractivity contribution in [3.05, 3.63) is 28.8 Å². The molecule has 8 heteroatoms. The maximum absolute atomic E-state index is 12.4. The van der Waals surface area contributed by atoms with Gasteiger partial charge in [-0.15, -0.1) is 0 Å². The van der Waals surface area contributed by atoms with E-state index in [1.807, 2.05) is 6.92 Å². The van der Waals surface area contributed by atoms with Crippen molar-refractivity contribution in [2.24, 2.45) is 12.8 Å². The van der Waals surface area contributed by atoms with Gasteiger partial charge in [-0.2, -0.15) is 10.2 Å². The van der Waals surface area contributed by atoms with E-state index in [-0.39, 0.29) is 11.6 Å². The Kier molecular flexibility index (Phi) is 3.79. The number of hydrogen-bond donors (Lipinski definition) is 2. The first-order chi connectivity index (χ1) is 9.86. The smallest absolute Gasteiger partial charge is 0.269 e. The number of aromatic nitrogens is 4. The predicted molar refractivity (Wildman–Crippen MR) is 77.1 cm³/mol. The first-order valence-corrected chi connectivity index (χ1v) is 6.54. The Labute approximate surface area is 121 Å². The largest absolute Gasteiger partial charge is 0.364 e. The SMILES string of the molecule is CCn1ncc(NC(=O)c2c(C)nn(C)c2C)c1C(N)=O. The van der Waals surface area contributed by atoms with Crippen LogP contribution in [-0.4, -0.2) is 31.4 Å². The van der Waals surface area contributed by atoms with Crippen LogP contribution in [0.4, 0.5) is 5.69 Å². The number of primary amides is 1. The molecule has 0 aliphatic carbocycles. The van der Waals surface area contributed by atoms with Gasteiger partial charge in [-0.05, 0) is 20.8 Å². The molecule has 0 bridgehead atoms. The van der Waals surface area contributed by atoms with Crippen molar-refractivity contribution in [2.45, 2.75) is 27.3 Å². The zero-order chi connectivity index (χ0) is 15.7. The Morgan fingerprint density at radius 3 is 2.52 bits per heavy atom. The zero-order valence-electron chi connectivity index (χ0n) is 12.5. The number of carbonyl (C=O) groups excluding carboxylic acids is 2. The van der Waals surface area contributed by atoms with E-state index in [2.05, 4.69) is 15.5 Å². The lowest BCUT2D eigenvalue weighted by Crippen LogP contribution is -2.21. The number of carbonyl (C=O) groups is 2. The Hall–Kier alpha value is -2.64. The zero-order valence-corrected chi connectivity index (χ0v) is 12.5. The highest BCUT2D eigenvalue weighted by Crippen LogP contribution is 2.18. The number of amides is 2. The summed E-state index contributed by atoms with van der Waals surface area (Å²) in [5, 5.41) is 10.9. The fourth-order valence-corrected chi connectivity index (χ4v) is 2.26. The maximum atomic E-state index is 12.4. The molecule has 0 aliphatic heterocycles. The highest BCUT2D eigenvalue weighted by Gasteiger charge is 2.21. The van der Waals surface area contributed by atoms with Crippen LogP contribution >= 0.6 is 0 Å². The Bertz CT molecular complexity index is 713. The minimum absolute atomic E-state index is 0.185. The lowest BCUT2D eigenvalue weighted by Gasteiger charge is -2.06. The maximum Gasteiger partial charge on any atom is 0.269 e. The second-order valence-corrected chi connectivity index (χ2v) is 4.71. The van der Waals surface area contributed by atoms with Gasteiger partial charge in [0.05, 0.1) is 23.1 Å². The monoisotopic (exact) mass is 290 g/mol. The second-order valence-electron chi connectivity index (χ2n) is 4.71. The number of anilines is 1. The molecule has 0 saturated heterocycles. The minimum Gasteiger partial charge on any atom is -0.364 e. The van der Waals surface area contributed by atoms with Crippen LogP contribution in [0.3, 0.4) is 0 Å². The average molecular weight is 290 g/mol. The lowest BCUT2D eigenvalue weighted by atomic mass is 10.2. The van der Waals surface area contributed by atoms with E-state index in [1.54, 1.807) is 25.6 Å². The molecule has 0 unspecified atom stereocenters. The van der Waals surface area contributed by atoms with Crippen LogP contribution in [0, 0.1) is 13.8 Å². The van der Waals surface area contributed by atoms with Gasteiger partial charge in [0.25, 0.3) is 11.8 Å². The molecule has 0 radical (unpaired) electrons. The number of nitrogens with zero attached hydrogens (tertiary/aromatic N) is 4. The molecular formula is C13H18N6O2. The van der Waals surface area contributed by atoms with E-state index in [4.69, 9.17) is 5.73 Å². The number of rotatable bonds is 4. The summed E-state index contributed by atoms with van der Waals surface area (Å²) in [6, 6.07) is 0. The van der Waals surface area contributed by atoms with Crippen molar-refractivity contribution >= 4 is 17.5 Å². The molecule has 2 aromatic heterocycles. The summed E-state index contributed by atoms with van der Waals surface area (Å²) in [6.07, 6.45) is 1.42. The van der Waals surface area contributed by atoms with Crippen molar-refractivity contribution < 1.29 is 9.59 Å². The molecule has 2 heterocycles. The molecule has 8 nitrogen and oxygen atoms in total. The van der Waals surface area contributed by atoms with Crippen molar-refractivity contribution in [3.8, 4) is 0 Å². The third kappa shape index (κ3) is 2.51. The third-order valence-corrected chi connectivity index (χ3v) is 3.36. The van der Waals surface area contributed by atoms with Gasteiger partial charge in [0.1, 0.15) is 5.69 Å². The van der Waals surface area contributed by atoms with Crippen LogP contribution in [0.5, 0.6) is 0 Å². The molecule has 3 N–H and O–H groups in total. The van der Waals surface area contributed by atoms with Crippen LogP contribution in [0.2, 0.25) is 0 Å². The fourth-order valence-electron chi connectivity index (χ4n) is 2.26. The van der Waals surface area contributed by atoms with Crippen LogP contribution in [0.1, 0.15) is 39.2 Å². The average Bonchev–Trinajstić information content (AvgIpc) is 2.91. The highest BCUT2D eigenvalue weighted by atomic mass is 16.2. The molecule has 0 fully saturated rings. The van der Waals surface area contributed by atoms with Crippen LogP contribution in [-0.2, 0) is 13.6 Å². The summed E-state index contributed by atoms with van der Waals surface area (Å²) in [6.45, 7) is 5.88. The van der Waals surface area contributed by atoms with Gasteiger partial charge >= 0.3 is 0 Å². The molecule has 2 aromatic rings. The molecule has 21 heavy (non-hydrogen) atoms. The molecule has 0 saturated carbocycles. The second kappa shape index (κ2) is 5.39. The molecule has 0 spiro atoms. The summed E-state index contributed by atoms with van der Waals surface area (Å²) in [5.74, 6) is -0.972. The Morgan fingerprint density at radius 2 is 2.05 bits per heavy atom. The molecule has 0 atom stereocenters. The first kappa shape index (κ1) is 14.8. The summed E-state index contributed by atoms with van der Waals surface area (Å²) < 4.78 is 3.08. The summed E-state index contributed by atoms with van der Waals surface area (Å²) >= 11 is 0. The van der Waals surface area contributed by atoms with Crippen molar-refractivity contribution in [2.75, 3.05) is 5.32 Å². The summed E-state index contributed by atoms with van der Waals surface area (Å²) in [4.78, 5) is 23.9. The fraction of sp³-hybridized carbons (Fsp3) is 0.385. The van der Waals surface area contributed by atoms with Gasteiger partial charge < -0.3 is 11.1 Å². The molecule has 0 aromatic carbocycles. The van der Waals surface area contributed by atoms with Crippen LogP contribution in [0.15, 0.2) is 6.20 Å². The standard InChI is InChI=1S/C13H18N6O2/c1-5-19-11(12(14)20)9(6-15-19)16-13(21)10-7(2)17-18(4)8(10)3/h6H,5H2,1-4H3,(H2,14,20)(H,16,21). The van der Waals surface area contributed by atoms with E-state index in [9.17, 15) is 9.59 Å². The van der Waals surface area contributed by atoms with E-state index in [0.29, 0.717) is 23.5 Å². The van der Waals surface area contributed by atoms with Gasteiger partial charge in [-0.3, -0.25) is 19.0 Å². The first-order valence-electron chi connectivity index (χ1n) is 6.54. The quantitative estimate of drug-likeness (QED) is 0.859. The van der Waals surface area contributed by atoms with Gasteiger partial charge in [0.15, 0.2) is 0 Å². The van der Waals surface area contributed by atoms with Gasteiger partial charge in [-0.1, -0.05) is 0 Å². The lowest BCUT2D eigenvalue weighted by molar-refractivity contribution is 0.0991. The van der Waals surface area contributed by atoms with Crippen molar-refractivity contribution in [1.82, 2.24) is 19.6 Å². The number of nitrogens with one attached hydrogen (secondary N) is 1. The van der Waals surface area contributed by atoms with E-state index in [0.717, 1.165) is 5.69 Å². The van der Waals surface area contributed by atoms with Crippen molar-refractivity contribution in [1.29, 1.82) is 0 Å². The normalized spacial score (nSPS) is 10.7. The van der Waals surface area contributed by atoms with Gasteiger partial charge in [-0.25, -0.2) is 0 Å². The molecule has 112 valence electrons. The highest BCUT2D eigenvalue weighted by molar-refractivity contribution is 6.09. The Balaban J connectivity index is 2.36. The molecule has 2 amide bonds. The van der Waals surface area contributed by atoms with Crippen LogP contribution < -0.4 is 11.1 Å². The van der Waals surface area contributed by atoms with Gasteiger partial charge in [0, 0.05) is 19.3 Å². The number of nitrogens with two attached hydrogens (primary N) is 1. The van der Waals surface area contributed by atoms with E-state index < -0.39 is 5.91 Å². The third-order valence-electron chi connectivity index (χ3n) is 3.36. The summed E-state index contributed by atoms with van der Waals surface area (Å²) in [7, 11) is 1.77.